The van der Waals surface area contributed by atoms with Crippen molar-refractivity contribution in [3.63, 3.8) is 0 Å². The predicted octanol–water partition coefficient (Wildman–Crippen LogP) is 0.0370. The first-order valence-electron chi connectivity index (χ1n) is 6.63. The summed E-state index contributed by atoms with van der Waals surface area (Å²) in [7, 11) is 0. The van der Waals surface area contributed by atoms with Gasteiger partial charge in [0.25, 0.3) is 0 Å². The second-order valence-electron chi connectivity index (χ2n) is 4.48. The van der Waals surface area contributed by atoms with Crippen LogP contribution in [0.1, 0.15) is 18.9 Å². The van der Waals surface area contributed by atoms with Gasteiger partial charge in [0.1, 0.15) is 0 Å². The molecular weight excluding hydrogens is 276 g/mol. The van der Waals surface area contributed by atoms with E-state index in [4.69, 9.17) is 10.5 Å². The summed E-state index contributed by atoms with van der Waals surface area (Å²) in [6, 6.07) is 3.44. The van der Waals surface area contributed by atoms with Crippen molar-refractivity contribution in [1.29, 1.82) is 0 Å². The molecule has 1 rings (SSSR count). The number of rotatable bonds is 7. The first-order valence-corrected chi connectivity index (χ1v) is 6.63. The number of nitrogens with one attached hydrogen (secondary N) is 1. The molecule has 0 aliphatic heterocycles. The zero-order valence-electron chi connectivity index (χ0n) is 11.8. The Hall–Kier alpha value is -2.28. The Morgan fingerprint density at radius 2 is 2.05 bits per heavy atom. The third-order valence-corrected chi connectivity index (χ3v) is 2.77. The van der Waals surface area contributed by atoms with Gasteiger partial charge >= 0.3 is 5.97 Å². The second-order valence-corrected chi connectivity index (χ2v) is 4.48. The van der Waals surface area contributed by atoms with Crippen molar-refractivity contribution in [2.75, 3.05) is 13.2 Å². The summed E-state index contributed by atoms with van der Waals surface area (Å²) in [4.78, 5) is 22.8. The van der Waals surface area contributed by atoms with Crippen molar-refractivity contribution in [3.05, 3.63) is 23.8 Å². The van der Waals surface area contributed by atoms with Crippen LogP contribution in [0, 0.1) is 0 Å². The molecule has 1 aromatic carbocycles. The van der Waals surface area contributed by atoms with Crippen LogP contribution in [0.2, 0.25) is 0 Å². The van der Waals surface area contributed by atoms with Crippen LogP contribution in [0.3, 0.4) is 0 Å². The SMILES string of the molecule is CCOC(=O)CCNC(=O)[C@@H](N)Cc1ccc(O)c(O)c1. The molecule has 1 amide bonds. The number of benzene rings is 1. The van der Waals surface area contributed by atoms with Gasteiger partial charge in [0.2, 0.25) is 5.91 Å². The molecule has 0 radical (unpaired) electrons. The van der Waals surface area contributed by atoms with Gasteiger partial charge in [0, 0.05) is 6.54 Å². The Morgan fingerprint density at radius 1 is 1.33 bits per heavy atom. The third-order valence-electron chi connectivity index (χ3n) is 2.77. The molecule has 0 saturated heterocycles. The largest absolute Gasteiger partial charge is 0.504 e. The monoisotopic (exact) mass is 296 g/mol. The van der Waals surface area contributed by atoms with Crippen LogP contribution < -0.4 is 11.1 Å². The Morgan fingerprint density at radius 3 is 2.67 bits per heavy atom. The number of phenolic OH excluding ortho intramolecular Hbond substituents is 2. The number of carbonyl (C=O) groups is 2. The molecule has 21 heavy (non-hydrogen) atoms. The van der Waals surface area contributed by atoms with Crippen LogP contribution in [0.25, 0.3) is 0 Å². The van der Waals surface area contributed by atoms with Crippen molar-refractivity contribution >= 4 is 11.9 Å². The molecular formula is C14H20N2O5. The molecule has 0 fully saturated rings. The summed E-state index contributed by atoms with van der Waals surface area (Å²) in [6.07, 6.45) is 0.297. The van der Waals surface area contributed by atoms with Crippen LogP contribution >= 0.6 is 0 Å². The van der Waals surface area contributed by atoms with E-state index >= 15 is 0 Å². The fraction of sp³-hybridized carbons (Fsp3) is 0.429. The molecule has 116 valence electrons. The molecule has 0 saturated carbocycles. The minimum atomic E-state index is -0.809. The van der Waals surface area contributed by atoms with E-state index in [9.17, 15) is 19.8 Å². The molecule has 5 N–H and O–H groups in total. The summed E-state index contributed by atoms with van der Waals surface area (Å²) >= 11 is 0. The number of carbonyl (C=O) groups excluding carboxylic acids is 2. The molecule has 0 heterocycles. The standard InChI is InChI=1S/C14H20N2O5/c1-2-21-13(19)5-6-16-14(20)10(15)7-9-3-4-11(17)12(18)8-9/h3-4,8,10,17-18H,2,5-7,15H2,1H3,(H,16,20)/t10-/m0/s1. The molecule has 1 aromatic rings. The van der Waals surface area contributed by atoms with Gasteiger partial charge < -0.3 is 26.0 Å². The lowest BCUT2D eigenvalue weighted by Gasteiger charge is -2.12. The lowest BCUT2D eigenvalue weighted by Crippen LogP contribution is -2.42. The summed E-state index contributed by atoms with van der Waals surface area (Å²) in [6.45, 7) is 2.17. The van der Waals surface area contributed by atoms with E-state index in [2.05, 4.69) is 5.32 Å². The highest BCUT2D eigenvalue weighted by molar-refractivity contribution is 5.82. The second kappa shape index (κ2) is 8.11. The first kappa shape index (κ1) is 16.8. The van der Waals surface area contributed by atoms with Gasteiger partial charge in [-0.3, -0.25) is 9.59 Å². The fourth-order valence-electron chi connectivity index (χ4n) is 1.69. The van der Waals surface area contributed by atoms with E-state index in [1.807, 2.05) is 0 Å². The average Bonchev–Trinajstić information content (AvgIpc) is 2.43. The molecule has 0 unspecified atom stereocenters. The van der Waals surface area contributed by atoms with Crippen molar-refractivity contribution < 1.29 is 24.5 Å². The molecule has 7 nitrogen and oxygen atoms in total. The van der Waals surface area contributed by atoms with Gasteiger partial charge in [-0.25, -0.2) is 0 Å². The maximum atomic E-state index is 11.7. The molecule has 7 heteroatoms. The van der Waals surface area contributed by atoms with Gasteiger partial charge in [0.05, 0.1) is 19.1 Å². The number of hydrogen-bond acceptors (Lipinski definition) is 6. The van der Waals surface area contributed by atoms with Gasteiger partial charge in [-0.1, -0.05) is 6.07 Å². The number of hydrogen-bond donors (Lipinski definition) is 4. The van der Waals surface area contributed by atoms with E-state index in [-0.39, 0.29) is 36.9 Å². The summed E-state index contributed by atoms with van der Waals surface area (Å²) in [5.41, 5.74) is 6.36. The highest BCUT2D eigenvalue weighted by atomic mass is 16.5. The summed E-state index contributed by atoms with van der Waals surface area (Å²) < 4.78 is 4.73. The number of ether oxygens (including phenoxy) is 1. The lowest BCUT2D eigenvalue weighted by molar-refractivity contribution is -0.143. The number of esters is 1. The van der Waals surface area contributed by atoms with E-state index in [1.54, 1.807) is 13.0 Å². The van der Waals surface area contributed by atoms with Crippen LogP contribution in [0.15, 0.2) is 18.2 Å². The fourth-order valence-corrected chi connectivity index (χ4v) is 1.69. The normalized spacial score (nSPS) is 11.7. The first-order chi connectivity index (χ1) is 9.93. The van der Waals surface area contributed by atoms with Crippen LogP contribution in [0.5, 0.6) is 11.5 Å². The Labute approximate surface area is 122 Å². The third kappa shape index (κ3) is 5.70. The minimum Gasteiger partial charge on any atom is -0.504 e. The van der Waals surface area contributed by atoms with Crippen molar-refractivity contribution in [2.24, 2.45) is 5.73 Å². The molecule has 0 aromatic heterocycles. The predicted molar refractivity (Wildman–Crippen MR) is 75.7 cm³/mol. The van der Waals surface area contributed by atoms with Crippen LogP contribution in [-0.4, -0.2) is 41.3 Å². The summed E-state index contributed by atoms with van der Waals surface area (Å²) in [5, 5.41) is 21.1. The van der Waals surface area contributed by atoms with E-state index in [1.165, 1.54) is 12.1 Å². The Kier molecular flexibility index (Phi) is 6.48. The van der Waals surface area contributed by atoms with Crippen molar-refractivity contribution in [2.45, 2.75) is 25.8 Å². The smallest absolute Gasteiger partial charge is 0.307 e. The highest BCUT2D eigenvalue weighted by Gasteiger charge is 2.15. The minimum absolute atomic E-state index is 0.0896. The van der Waals surface area contributed by atoms with Gasteiger partial charge in [-0.05, 0) is 31.0 Å². The Bertz CT molecular complexity index is 504. The lowest BCUT2D eigenvalue weighted by atomic mass is 10.1. The molecule has 0 spiro atoms. The zero-order chi connectivity index (χ0) is 15.8. The van der Waals surface area contributed by atoms with Gasteiger partial charge in [0.15, 0.2) is 11.5 Å². The summed E-state index contributed by atoms with van der Waals surface area (Å²) in [5.74, 6) is -1.27. The van der Waals surface area contributed by atoms with E-state index < -0.39 is 11.9 Å². The number of amides is 1. The maximum Gasteiger partial charge on any atom is 0.307 e. The molecule has 0 aliphatic rings. The van der Waals surface area contributed by atoms with E-state index in [0.717, 1.165) is 0 Å². The van der Waals surface area contributed by atoms with Crippen molar-refractivity contribution in [1.82, 2.24) is 5.32 Å². The van der Waals surface area contributed by atoms with Crippen LogP contribution in [-0.2, 0) is 20.7 Å². The average molecular weight is 296 g/mol. The van der Waals surface area contributed by atoms with Gasteiger partial charge in [-0.2, -0.15) is 0 Å². The number of phenols is 2. The quantitative estimate of drug-likeness (QED) is 0.416. The van der Waals surface area contributed by atoms with Crippen LogP contribution in [0.4, 0.5) is 0 Å². The molecule has 0 aliphatic carbocycles. The molecule has 0 bridgehead atoms. The molecule has 1 atom stereocenters. The number of nitrogens with two attached hydrogens (primary N) is 1. The Balaban J connectivity index is 2.40. The maximum absolute atomic E-state index is 11.7. The topological polar surface area (TPSA) is 122 Å². The zero-order valence-corrected chi connectivity index (χ0v) is 11.8. The van der Waals surface area contributed by atoms with Gasteiger partial charge in [-0.15, -0.1) is 0 Å². The van der Waals surface area contributed by atoms with Crippen molar-refractivity contribution in [3.8, 4) is 11.5 Å². The van der Waals surface area contributed by atoms with E-state index in [0.29, 0.717) is 12.2 Å². The highest BCUT2D eigenvalue weighted by Crippen LogP contribution is 2.25. The number of aromatic hydroxyl groups is 2.